The van der Waals surface area contributed by atoms with E-state index in [1.54, 1.807) is 0 Å². The van der Waals surface area contributed by atoms with Crippen LogP contribution >= 0.6 is 11.3 Å². The normalized spacial score (nSPS) is 12.0. The Kier molecular flexibility index (Phi) is 5.12. The smallest absolute Gasteiger partial charge is 0.231 e. The van der Waals surface area contributed by atoms with Crippen molar-refractivity contribution in [2.75, 3.05) is 0 Å². The lowest BCUT2D eigenvalue weighted by atomic mass is 10.1. The molecule has 4 aromatic heterocycles. The second-order valence-electron chi connectivity index (χ2n) is 11.3. The van der Waals surface area contributed by atoms with Gasteiger partial charge in [-0.1, -0.05) is 103 Å². The van der Waals surface area contributed by atoms with Crippen LogP contribution in [0.1, 0.15) is 0 Å². The lowest BCUT2D eigenvalue weighted by Crippen LogP contribution is -2.00. The Labute approximate surface area is 261 Å². The standard InChI is InChI=1S/C40H23N3OS/c1-2-12-24(13-3-1)37-36-29-17-6-10-20-33(29)44-40(36)42-39(41-37)28-16-5-9-19-31(28)43-30-18-8-4-15-27(30)35-32(43)23-22-26-25-14-7-11-21-34(25)45-38(26)35/h1-23H. The van der Waals surface area contributed by atoms with Crippen molar-refractivity contribution in [2.24, 2.45) is 0 Å². The van der Waals surface area contributed by atoms with Crippen molar-refractivity contribution in [3.05, 3.63) is 140 Å². The summed E-state index contributed by atoms with van der Waals surface area (Å²) >= 11 is 1.87. The van der Waals surface area contributed by atoms with E-state index in [9.17, 15) is 0 Å². The van der Waals surface area contributed by atoms with Crippen molar-refractivity contribution in [3.8, 4) is 28.3 Å². The van der Waals surface area contributed by atoms with E-state index in [0.717, 1.165) is 49.9 Å². The van der Waals surface area contributed by atoms with Gasteiger partial charge in [0.2, 0.25) is 5.71 Å². The second kappa shape index (κ2) is 9.36. The molecule has 0 N–H and O–H groups in total. The fraction of sp³-hybridized carbons (Fsp3) is 0. The number of hydrogen-bond donors (Lipinski definition) is 0. The monoisotopic (exact) mass is 593 g/mol. The van der Waals surface area contributed by atoms with E-state index in [4.69, 9.17) is 14.4 Å². The van der Waals surface area contributed by atoms with E-state index in [1.165, 1.54) is 30.9 Å². The van der Waals surface area contributed by atoms with Crippen molar-refractivity contribution in [2.45, 2.75) is 0 Å². The number of nitrogens with zero attached hydrogens (tertiary/aromatic N) is 3. The quantitative estimate of drug-likeness (QED) is 0.205. The molecule has 0 fully saturated rings. The van der Waals surface area contributed by atoms with E-state index in [1.807, 2.05) is 47.7 Å². The lowest BCUT2D eigenvalue weighted by Gasteiger charge is -2.14. The zero-order valence-corrected chi connectivity index (χ0v) is 24.8. The van der Waals surface area contributed by atoms with Crippen molar-refractivity contribution in [1.82, 2.24) is 14.5 Å². The molecule has 0 amide bonds. The van der Waals surface area contributed by atoms with Crippen LogP contribution in [0.25, 0.3) is 92.4 Å². The Bertz CT molecular complexity index is 2770. The summed E-state index contributed by atoms with van der Waals surface area (Å²) in [6.45, 7) is 0. The third-order valence-corrected chi connectivity index (χ3v) is 10.1. The molecule has 0 aliphatic heterocycles. The minimum Gasteiger partial charge on any atom is -0.438 e. The Morgan fingerprint density at radius 1 is 0.533 bits per heavy atom. The molecule has 0 aliphatic rings. The van der Waals surface area contributed by atoms with Crippen LogP contribution in [0.3, 0.4) is 0 Å². The van der Waals surface area contributed by atoms with E-state index >= 15 is 0 Å². The highest BCUT2D eigenvalue weighted by Gasteiger charge is 2.22. The van der Waals surface area contributed by atoms with Gasteiger partial charge in [0.15, 0.2) is 5.82 Å². The molecule has 4 heterocycles. The van der Waals surface area contributed by atoms with Crippen LogP contribution in [0, 0.1) is 0 Å². The Morgan fingerprint density at radius 3 is 2.18 bits per heavy atom. The number of thiophene rings is 1. The lowest BCUT2D eigenvalue weighted by molar-refractivity contribution is 0.653. The third kappa shape index (κ3) is 3.53. The van der Waals surface area contributed by atoms with Crippen LogP contribution in [0.4, 0.5) is 0 Å². The number of furan rings is 1. The number of hydrogen-bond acceptors (Lipinski definition) is 4. The van der Waals surface area contributed by atoms with Gasteiger partial charge in [0.25, 0.3) is 0 Å². The van der Waals surface area contributed by atoms with E-state index in [-0.39, 0.29) is 0 Å². The zero-order chi connectivity index (χ0) is 29.5. The topological polar surface area (TPSA) is 43.9 Å². The summed E-state index contributed by atoms with van der Waals surface area (Å²) in [5.41, 5.74) is 7.57. The average Bonchev–Trinajstić information content (AvgIpc) is 3.77. The zero-order valence-electron chi connectivity index (χ0n) is 23.9. The SMILES string of the molecule is c1ccc(-c2nc(-c3ccccc3-n3c4ccccc4c4c5sc6ccccc6c5ccc43)nc3oc4ccccc4c23)cc1. The van der Waals surface area contributed by atoms with Gasteiger partial charge in [-0.3, -0.25) is 0 Å². The summed E-state index contributed by atoms with van der Waals surface area (Å²) in [5.74, 6) is 0.630. The largest absolute Gasteiger partial charge is 0.438 e. The van der Waals surface area contributed by atoms with Crippen molar-refractivity contribution in [3.63, 3.8) is 0 Å². The van der Waals surface area contributed by atoms with E-state index < -0.39 is 0 Å². The van der Waals surface area contributed by atoms with E-state index in [2.05, 4.69) is 108 Å². The summed E-state index contributed by atoms with van der Waals surface area (Å²) in [6.07, 6.45) is 0. The molecule has 4 nitrogen and oxygen atoms in total. The summed E-state index contributed by atoms with van der Waals surface area (Å²) < 4.78 is 11.4. The first-order chi connectivity index (χ1) is 22.3. The molecule has 45 heavy (non-hydrogen) atoms. The van der Waals surface area contributed by atoms with Crippen LogP contribution in [-0.4, -0.2) is 14.5 Å². The molecular weight excluding hydrogens is 571 g/mol. The molecule has 0 spiro atoms. The summed E-state index contributed by atoms with van der Waals surface area (Å²) in [7, 11) is 0. The minimum absolute atomic E-state index is 0.587. The molecule has 5 heteroatoms. The maximum atomic E-state index is 6.37. The molecule has 6 aromatic carbocycles. The van der Waals surface area contributed by atoms with Crippen LogP contribution in [-0.2, 0) is 0 Å². The summed E-state index contributed by atoms with van der Waals surface area (Å²) in [5, 5.41) is 7.06. The van der Waals surface area contributed by atoms with Crippen LogP contribution in [0.2, 0.25) is 0 Å². The van der Waals surface area contributed by atoms with Gasteiger partial charge in [0.1, 0.15) is 5.58 Å². The van der Waals surface area contributed by atoms with Gasteiger partial charge in [-0.05, 0) is 36.4 Å². The molecule has 10 rings (SSSR count). The molecule has 0 unspecified atom stereocenters. The highest BCUT2D eigenvalue weighted by molar-refractivity contribution is 7.26. The molecule has 0 bridgehead atoms. The third-order valence-electron chi connectivity index (χ3n) is 8.85. The second-order valence-corrected chi connectivity index (χ2v) is 12.4. The molecule has 0 radical (unpaired) electrons. The fourth-order valence-corrected chi connectivity index (χ4v) is 8.16. The minimum atomic E-state index is 0.587. The molecule has 0 saturated carbocycles. The van der Waals surface area contributed by atoms with Gasteiger partial charge in [-0.25, -0.2) is 4.98 Å². The molecule has 0 atom stereocenters. The Balaban J connectivity index is 1.30. The maximum absolute atomic E-state index is 6.37. The average molecular weight is 594 g/mol. The van der Waals surface area contributed by atoms with Crippen LogP contribution < -0.4 is 0 Å². The first kappa shape index (κ1) is 24.6. The Morgan fingerprint density at radius 2 is 1.27 bits per heavy atom. The first-order valence-corrected chi connectivity index (χ1v) is 15.8. The van der Waals surface area contributed by atoms with Crippen LogP contribution in [0.5, 0.6) is 0 Å². The molecule has 10 aromatic rings. The maximum Gasteiger partial charge on any atom is 0.231 e. The van der Waals surface area contributed by atoms with Crippen molar-refractivity contribution >= 4 is 75.4 Å². The van der Waals surface area contributed by atoms with Gasteiger partial charge < -0.3 is 8.98 Å². The number of aromatic nitrogens is 3. The van der Waals surface area contributed by atoms with Gasteiger partial charge in [-0.15, -0.1) is 11.3 Å². The van der Waals surface area contributed by atoms with Gasteiger partial charge >= 0.3 is 0 Å². The number of fused-ring (bicyclic) bond motifs is 10. The molecule has 210 valence electrons. The number of rotatable bonds is 3. The summed E-state index contributed by atoms with van der Waals surface area (Å²) in [4.78, 5) is 10.4. The highest BCUT2D eigenvalue weighted by Crippen LogP contribution is 2.44. The summed E-state index contributed by atoms with van der Waals surface area (Å²) in [6, 6.07) is 48.8. The van der Waals surface area contributed by atoms with Crippen molar-refractivity contribution in [1.29, 1.82) is 0 Å². The predicted molar refractivity (Wildman–Crippen MR) is 187 cm³/mol. The predicted octanol–water partition coefficient (Wildman–Crippen LogP) is 11.2. The Hall–Kier alpha value is -5.78. The molecule has 0 aliphatic carbocycles. The van der Waals surface area contributed by atoms with Crippen molar-refractivity contribution < 1.29 is 4.42 Å². The highest BCUT2D eigenvalue weighted by atomic mass is 32.1. The number of benzene rings is 6. The fourth-order valence-electron chi connectivity index (χ4n) is 6.90. The van der Waals surface area contributed by atoms with Crippen LogP contribution in [0.15, 0.2) is 144 Å². The van der Waals surface area contributed by atoms with Gasteiger partial charge in [0, 0.05) is 47.5 Å². The van der Waals surface area contributed by atoms with E-state index in [0.29, 0.717) is 11.5 Å². The first-order valence-electron chi connectivity index (χ1n) is 15.0. The van der Waals surface area contributed by atoms with Gasteiger partial charge in [0.05, 0.1) is 27.8 Å². The molecule has 0 saturated heterocycles. The number of para-hydroxylation sites is 3. The molecular formula is C40H23N3OS. The van der Waals surface area contributed by atoms with Gasteiger partial charge in [-0.2, -0.15) is 4.98 Å².